The van der Waals surface area contributed by atoms with E-state index in [1.807, 2.05) is 0 Å². The summed E-state index contributed by atoms with van der Waals surface area (Å²) in [7, 11) is 0. The Bertz CT molecular complexity index is 647. The van der Waals surface area contributed by atoms with Crippen LogP contribution in [0.25, 0.3) is 0 Å². The summed E-state index contributed by atoms with van der Waals surface area (Å²) in [5.41, 5.74) is -2.24. The molecule has 0 radical (unpaired) electrons. The molecular weight excluding hydrogens is 290 g/mol. The summed E-state index contributed by atoms with van der Waals surface area (Å²) in [4.78, 5) is 11.9. The standard InChI is InChI=1S/C14H11F4NO2/c1-4-12(2,3)19-11(20)8-5-6-10-9(7-8)13(15,16)14(17,18)21-10/h1,5-7H,2-3H3,(H,19,20). The Labute approximate surface area is 118 Å². The third-order valence-electron chi connectivity index (χ3n) is 2.97. The number of hydrogen-bond acceptors (Lipinski definition) is 2. The van der Waals surface area contributed by atoms with Crippen molar-refractivity contribution in [2.75, 3.05) is 0 Å². The van der Waals surface area contributed by atoms with Crippen molar-refractivity contribution in [3.05, 3.63) is 29.3 Å². The smallest absolute Gasteiger partial charge is 0.427 e. The maximum Gasteiger partial charge on any atom is 0.469 e. The largest absolute Gasteiger partial charge is 0.469 e. The average Bonchev–Trinajstić information content (AvgIpc) is 2.55. The molecule has 0 fully saturated rings. The minimum absolute atomic E-state index is 0.210. The van der Waals surface area contributed by atoms with E-state index in [2.05, 4.69) is 16.0 Å². The van der Waals surface area contributed by atoms with Gasteiger partial charge in [-0.05, 0) is 32.0 Å². The highest BCUT2D eigenvalue weighted by molar-refractivity contribution is 5.95. The van der Waals surface area contributed by atoms with Crippen LogP contribution >= 0.6 is 0 Å². The quantitative estimate of drug-likeness (QED) is 0.674. The SMILES string of the molecule is C#CC(C)(C)NC(=O)c1ccc2c(c1)C(F)(F)C(F)(F)O2. The number of halogens is 4. The van der Waals surface area contributed by atoms with Gasteiger partial charge in [-0.1, -0.05) is 5.92 Å². The molecule has 0 aromatic heterocycles. The van der Waals surface area contributed by atoms with Crippen LogP contribution in [0.3, 0.4) is 0 Å². The first kappa shape index (κ1) is 15.2. The molecule has 0 saturated carbocycles. The lowest BCUT2D eigenvalue weighted by Gasteiger charge is -2.20. The molecule has 3 nitrogen and oxygen atoms in total. The highest BCUT2D eigenvalue weighted by Gasteiger charge is 2.66. The molecule has 0 bridgehead atoms. The lowest BCUT2D eigenvalue weighted by molar-refractivity contribution is -0.296. The fraction of sp³-hybridized carbons (Fsp3) is 0.357. The van der Waals surface area contributed by atoms with E-state index in [9.17, 15) is 22.4 Å². The first-order valence-electron chi connectivity index (χ1n) is 5.90. The number of fused-ring (bicyclic) bond motifs is 1. The van der Waals surface area contributed by atoms with E-state index >= 15 is 0 Å². The first-order chi connectivity index (χ1) is 9.50. The molecule has 1 aromatic rings. The highest BCUT2D eigenvalue weighted by Crippen LogP contribution is 2.53. The molecular formula is C14H11F4NO2. The summed E-state index contributed by atoms with van der Waals surface area (Å²) in [5.74, 6) is -3.60. The Balaban J connectivity index is 2.37. The van der Waals surface area contributed by atoms with Crippen molar-refractivity contribution in [3.63, 3.8) is 0 Å². The van der Waals surface area contributed by atoms with Gasteiger partial charge in [-0.25, -0.2) is 0 Å². The van der Waals surface area contributed by atoms with Crippen molar-refractivity contribution < 1.29 is 27.1 Å². The Kier molecular flexibility index (Phi) is 3.16. The minimum Gasteiger partial charge on any atom is -0.427 e. The van der Waals surface area contributed by atoms with E-state index in [1.54, 1.807) is 0 Å². The second-order valence-electron chi connectivity index (χ2n) is 5.13. The topological polar surface area (TPSA) is 38.3 Å². The molecule has 1 N–H and O–H groups in total. The number of rotatable bonds is 2. The molecule has 2 rings (SSSR count). The summed E-state index contributed by atoms with van der Waals surface area (Å²) in [6.45, 7) is 3.06. The van der Waals surface area contributed by atoms with Gasteiger partial charge in [0.1, 0.15) is 5.75 Å². The van der Waals surface area contributed by atoms with Gasteiger partial charge >= 0.3 is 12.0 Å². The second-order valence-corrected chi connectivity index (χ2v) is 5.13. The fourth-order valence-corrected chi connectivity index (χ4v) is 1.76. The zero-order valence-corrected chi connectivity index (χ0v) is 11.1. The fourth-order valence-electron chi connectivity index (χ4n) is 1.76. The van der Waals surface area contributed by atoms with Gasteiger partial charge in [-0.2, -0.15) is 17.6 Å². The van der Waals surface area contributed by atoms with Gasteiger partial charge in [-0.3, -0.25) is 4.79 Å². The minimum atomic E-state index is -4.64. The van der Waals surface area contributed by atoms with Crippen LogP contribution in [0.1, 0.15) is 29.8 Å². The number of ether oxygens (including phenoxy) is 1. The van der Waals surface area contributed by atoms with E-state index in [1.165, 1.54) is 13.8 Å². The van der Waals surface area contributed by atoms with Crippen molar-refractivity contribution >= 4 is 5.91 Å². The summed E-state index contributed by atoms with van der Waals surface area (Å²) in [6, 6.07) is 2.69. The Morgan fingerprint density at radius 2 is 1.95 bits per heavy atom. The molecule has 1 aromatic carbocycles. The number of terminal acetylenes is 1. The zero-order chi connectivity index (χ0) is 16.1. The van der Waals surface area contributed by atoms with Crippen molar-refractivity contribution in [1.82, 2.24) is 5.32 Å². The number of amides is 1. The van der Waals surface area contributed by atoms with Gasteiger partial charge in [0.25, 0.3) is 5.91 Å². The van der Waals surface area contributed by atoms with Gasteiger partial charge in [0.2, 0.25) is 0 Å². The summed E-state index contributed by atoms with van der Waals surface area (Å²) >= 11 is 0. The summed E-state index contributed by atoms with van der Waals surface area (Å²) < 4.78 is 57.1. The summed E-state index contributed by atoms with van der Waals surface area (Å²) in [6.07, 6.45) is 0.561. The number of carbonyl (C=O) groups is 1. The Morgan fingerprint density at radius 3 is 2.52 bits per heavy atom. The normalized spacial score (nSPS) is 18.3. The predicted molar refractivity (Wildman–Crippen MR) is 66.3 cm³/mol. The first-order valence-corrected chi connectivity index (χ1v) is 5.90. The van der Waals surface area contributed by atoms with E-state index in [-0.39, 0.29) is 5.56 Å². The van der Waals surface area contributed by atoms with Crippen LogP contribution in [0.2, 0.25) is 0 Å². The monoisotopic (exact) mass is 301 g/mol. The zero-order valence-electron chi connectivity index (χ0n) is 11.1. The van der Waals surface area contributed by atoms with Crippen LogP contribution in [0.5, 0.6) is 5.75 Å². The third kappa shape index (κ3) is 2.42. The van der Waals surface area contributed by atoms with Gasteiger partial charge in [0.15, 0.2) is 0 Å². The summed E-state index contributed by atoms with van der Waals surface area (Å²) in [5, 5.41) is 2.41. The Hall–Kier alpha value is -2.23. The number of benzene rings is 1. The molecule has 0 saturated heterocycles. The van der Waals surface area contributed by atoms with Gasteiger partial charge in [0, 0.05) is 5.56 Å². The van der Waals surface area contributed by atoms with E-state index in [4.69, 9.17) is 6.42 Å². The molecule has 1 aliphatic heterocycles. The number of hydrogen-bond donors (Lipinski definition) is 1. The molecule has 21 heavy (non-hydrogen) atoms. The third-order valence-corrected chi connectivity index (χ3v) is 2.97. The van der Waals surface area contributed by atoms with Crippen molar-refractivity contribution in [3.8, 4) is 18.1 Å². The lowest BCUT2D eigenvalue weighted by atomic mass is 10.0. The molecule has 0 unspecified atom stereocenters. The number of alkyl halides is 4. The van der Waals surface area contributed by atoms with E-state index < -0.39 is 34.8 Å². The molecule has 0 atom stereocenters. The molecule has 1 aliphatic rings. The van der Waals surface area contributed by atoms with Gasteiger partial charge in [0.05, 0.1) is 11.1 Å². The second kappa shape index (κ2) is 4.38. The van der Waals surface area contributed by atoms with Gasteiger partial charge < -0.3 is 10.1 Å². The van der Waals surface area contributed by atoms with Crippen molar-refractivity contribution in [1.29, 1.82) is 0 Å². The molecule has 7 heteroatoms. The molecule has 112 valence electrons. The van der Waals surface area contributed by atoms with E-state index in [0.29, 0.717) is 6.07 Å². The van der Waals surface area contributed by atoms with Crippen LogP contribution in [0.4, 0.5) is 17.6 Å². The number of carbonyl (C=O) groups excluding carboxylic acids is 1. The maximum atomic E-state index is 13.5. The van der Waals surface area contributed by atoms with Gasteiger partial charge in [-0.15, -0.1) is 6.42 Å². The predicted octanol–water partition coefficient (Wildman–Crippen LogP) is 2.91. The molecule has 1 heterocycles. The van der Waals surface area contributed by atoms with E-state index in [0.717, 1.165) is 12.1 Å². The maximum absolute atomic E-state index is 13.5. The van der Waals surface area contributed by atoms with Crippen LogP contribution in [-0.2, 0) is 5.92 Å². The van der Waals surface area contributed by atoms with Crippen molar-refractivity contribution in [2.45, 2.75) is 31.4 Å². The van der Waals surface area contributed by atoms with Crippen LogP contribution < -0.4 is 10.1 Å². The lowest BCUT2D eigenvalue weighted by Crippen LogP contribution is -2.42. The highest BCUT2D eigenvalue weighted by atomic mass is 19.3. The number of nitrogens with one attached hydrogen (secondary N) is 1. The molecule has 0 spiro atoms. The van der Waals surface area contributed by atoms with Crippen LogP contribution in [-0.4, -0.2) is 17.6 Å². The molecule has 0 aliphatic carbocycles. The van der Waals surface area contributed by atoms with Crippen molar-refractivity contribution in [2.24, 2.45) is 0 Å². The average molecular weight is 301 g/mol. The molecule has 1 amide bonds. The Morgan fingerprint density at radius 1 is 1.33 bits per heavy atom. The van der Waals surface area contributed by atoms with Crippen LogP contribution in [0.15, 0.2) is 18.2 Å². The van der Waals surface area contributed by atoms with Crippen LogP contribution in [0, 0.1) is 12.3 Å².